The average molecular weight is 178 g/mol. The summed E-state index contributed by atoms with van der Waals surface area (Å²) in [6.07, 6.45) is 0. The van der Waals surface area contributed by atoms with Crippen LogP contribution in [0.25, 0.3) is 11.1 Å². The summed E-state index contributed by atoms with van der Waals surface area (Å²) in [5.74, 6) is 0. The van der Waals surface area contributed by atoms with Gasteiger partial charge in [0.1, 0.15) is 0 Å². The first kappa shape index (κ1) is 8.95. The minimum atomic E-state index is 1.16. The van der Waals surface area contributed by atoms with Crippen LogP contribution in [0.15, 0.2) is 54.6 Å². The molecule has 2 aromatic rings. The van der Waals surface area contributed by atoms with Crippen LogP contribution in [0.5, 0.6) is 0 Å². The van der Waals surface area contributed by atoms with Gasteiger partial charge in [-0.3, -0.25) is 0 Å². The summed E-state index contributed by atoms with van der Waals surface area (Å²) < 4.78 is 0. The van der Waals surface area contributed by atoms with Gasteiger partial charge in [0.25, 0.3) is 0 Å². The normalized spacial score (nSPS) is 9.43. The van der Waals surface area contributed by atoms with Crippen LogP contribution in [0.3, 0.4) is 0 Å². The van der Waals surface area contributed by atoms with Crippen LogP contribution in [0.2, 0.25) is 0 Å². The molecule has 0 aliphatic heterocycles. The molecular formula is C13H11B. The third-order valence-corrected chi connectivity index (χ3v) is 2.25. The van der Waals surface area contributed by atoms with Gasteiger partial charge in [-0.1, -0.05) is 0 Å². The Morgan fingerprint density at radius 3 is 1.86 bits per heavy atom. The molecule has 0 fully saturated rings. The minimum absolute atomic E-state index is 1.16. The SMILES string of the molecule is C=Bc1ccc(-c2ccccc2)cc1. The predicted octanol–water partition coefficient (Wildman–Crippen LogP) is 2.12. The van der Waals surface area contributed by atoms with Gasteiger partial charge in [0, 0.05) is 0 Å². The molecule has 0 atom stereocenters. The monoisotopic (exact) mass is 178 g/mol. The van der Waals surface area contributed by atoms with Crippen molar-refractivity contribution in [2.24, 2.45) is 0 Å². The molecule has 0 aliphatic carbocycles. The molecule has 0 saturated carbocycles. The second-order valence-electron chi connectivity index (χ2n) is 3.19. The van der Waals surface area contributed by atoms with Gasteiger partial charge in [0.2, 0.25) is 0 Å². The van der Waals surface area contributed by atoms with Crippen LogP contribution in [0, 0.1) is 0 Å². The molecule has 2 rings (SSSR count). The topological polar surface area (TPSA) is 0 Å². The van der Waals surface area contributed by atoms with Crippen LogP contribution in [-0.2, 0) is 0 Å². The Balaban J connectivity index is 2.39. The maximum absolute atomic E-state index is 3.73. The molecule has 0 aliphatic rings. The number of benzene rings is 2. The van der Waals surface area contributed by atoms with Gasteiger partial charge in [-0.05, 0) is 0 Å². The van der Waals surface area contributed by atoms with Crippen molar-refractivity contribution in [3.63, 3.8) is 0 Å². The summed E-state index contributed by atoms with van der Waals surface area (Å²) in [5.41, 5.74) is 3.66. The summed E-state index contributed by atoms with van der Waals surface area (Å²) in [7, 11) is 0. The molecule has 0 saturated heterocycles. The zero-order chi connectivity index (χ0) is 9.80. The van der Waals surface area contributed by atoms with Crippen LogP contribution in [0.1, 0.15) is 0 Å². The zero-order valence-corrected chi connectivity index (χ0v) is 7.98. The van der Waals surface area contributed by atoms with Crippen LogP contribution in [-0.4, -0.2) is 13.4 Å². The number of hydrogen-bond acceptors (Lipinski definition) is 0. The molecule has 0 amide bonds. The van der Waals surface area contributed by atoms with E-state index in [9.17, 15) is 0 Å². The Bertz CT molecular complexity index is 415. The predicted molar refractivity (Wildman–Crippen MR) is 64.4 cm³/mol. The first-order valence-electron chi connectivity index (χ1n) is 4.68. The summed E-state index contributed by atoms with van der Waals surface area (Å²) in [6, 6.07) is 18.8. The van der Waals surface area contributed by atoms with E-state index in [1.165, 1.54) is 11.1 Å². The second-order valence-corrected chi connectivity index (χ2v) is 3.19. The second kappa shape index (κ2) is 4.06. The van der Waals surface area contributed by atoms with Gasteiger partial charge in [-0.25, -0.2) is 0 Å². The van der Waals surface area contributed by atoms with Gasteiger partial charge < -0.3 is 0 Å². The molecule has 0 radical (unpaired) electrons. The van der Waals surface area contributed by atoms with Crippen molar-refractivity contribution in [2.45, 2.75) is 0 Å². The van der Waals surface area contributed by atoms with Crippen molar-refractivity contribution in [2.75, 3.05) is 0 Å². The van der Waals surface area contributed by atoms with Gasteiger partial charge in [0.15, 0.2) is 0 Å². The fourth-order valence-electron chi connectivity index (χ4n) is 1.44. The summed E-state index contributed by atoms with van der Waals surface area (Å²) in [4.78, 5) is 0. The molecule has 66 valence electrons. The van der Waals surface area contributed by atoms with Crippen LogP contribution in [0.4, 0.5) is 0 Å². The van der Waals surface area contributed by atoms with Crippen LogP contribution >= 0.6 is 0 Å². The fourth-order valence-corrected chi connectivity index (χ4v) is 1.44. The first-order chi connectivity index (χ1) is 6.90. The molecule has 0 unspecified atom stereocenters. The van der Waals surface area contributed by atoms with Gasteiger partial charge >= 0.3 is 84.6 Å². The Kier molecular flexibility index (Phi) is 2.59. The van der Waals surface area contributed by atoms with Crippen molar-refractivity contribution in [3.8, 4) is 11.1 Å². The van der Waals surface area contributed by atoms with Crippen molar-refractivity contribution >= 4 is 18.9 Å². The number of hydrogen-bond donors (Lipinski definition) is 0. The Labute approximate surface area is 85.1 Å². The molecule has 14 heavy (non-hydrogen) atoms. The van der Waals surface area contributed by atoms with E-state index >= 15 is 0 Å². The molecular weight excluding hydrogens is 167 g/mol. The van der Waals surface area contributed by atoms with E-state index in [0.717, 1.165) is 5.46 Å². The molecule has 0 N–H and O–H groups in total. The average Bonchev–Trinajstić information content (AvgIpc) is 2.30. The molecule has 0 bridgehead atoms. The number of rotatable bonds is 2. The van der Waals surface area contributed by atoms with Crippen molar-refractivity contribution in [1.82, 2.24) is 0 Å². The fraction of sp³-hybridized carbons (Fsp3) is 0. The molecule has 0 nitrogen and oxygen atoms in total. The van der Waals surface area contributed by atoms with E-state index in [1.807, 2.05) is 13.0 Å². The Hall–Kier alpha value is -1.63. The van der Waals surface area contributed by atoms with Gasteiger partial charge in [-0.2, -0.15) is 0 Å². The van der Waals surface area contributed by atoms with E-state index < -0.39 is 0 Å². The van der Waals surface area contributed by atoms with Crippen molar-refractivity contribution in [3.05, 3.63) is 54.6 Å². The van der Waals surface area contributed by atoms with E-state index in [1.54, 1.807) is 0 Å². The molecule has 0 heterocycles. The van der Waals surface area contributed by atoms with E-state index in [2.05, 4.69) is 55.0 Å². The molecule has 1 heteroatoms. The van der Waals surface area contributed by atoms with Gasteiger partial charge in [-0.15, -0.1) is 0 Å². The maximum atomic E-state index is 3.73. The van der Waals surface area contributed by atoms with Crippen molar-refractivity contribution < 1.29 is 0 Å². The third kappa shape index (κ3) is 1.82. The Morgan fingerprint density at radius 2 is 1.29 bits per heavy atom. The Morgan fingerprint density at radius 1 is 0.714 bits per heavy atom. The molecule has 0 aromatic heterocycles. The van der Waals surface area contributed by atoms with E-state index in [4.69, 9.17) is 0 Å². The van der Waals surface area contributed by atoms with E-state index in [-0.39, 0.29) is 0 Å². The van der Waals surface area contributed by atoms with Crippen LogP contribution < -0.4 is 5.46 Å². The zero-order valence-electron chi connectivity index (χ0n) is 7.98. The standard InChI is InChI=1S/C13H11B/c1-14-13-9-7-12(8-10-13)11-5-3-2-4-6-11/h2-10H,1H2. The van der Waals surface area contributed by atoms with Crippen molar-refractivity contribution in [1.29, 1.82) is 0 Å². The summed E-state index contributed by atoms with van der Waals surface area (Å²) >= 11 is 0. The summed E-state index contributed by atoms with van der Waals surface area (Å²) in [6.45, 7) is 5.59. The van der Waals surface area contributed by atoms with Gasteiger partial charge in [0.05, 0.1) is 0 Å². The van der Waals surface area contributed by atoms with E-state index in [0.29, 0.717) is 0 Å². The molecule has 2 aromatic carbocycles. The molecule has 0 spiro atoms. The first-order valence-corrected chi connectivity index (χ1v) is 4.68. The summed E-state index contributed by atoms with van der Waals surface area (Å²) in [5, 5.41) is 0. The third-order valence-electron chi connectivity index (χ3n) is 2.25. The quantitative estimate of drug-likeness (QED) is 0.618.